The van der Waals surface area contributed by atoms with Gasteiger partial charge in [-0.2, -0.15) is 5.10 Å². The predicted molar refractivity (Wildman–Crippen MR) is 153 cm³/mol. The van der Waals surface area contributed by atoms with Crippen molar-refractivity contribution in [2.45, 2.75) is 88.6 Å². The largest absolute Gasteiger partial charge is 0.448 e. The lowest BCUT2D eigenvalue weighted by Gasteiger charge is -2.59. The number of aromatic nitrogens is 4. The topological polar surface area (TPSA) is 120 Å². The number of nitrogens with zero attached hydrogens (tertiary/aromatic N) is 4. The number of nitrogens with one attached hydrogen (secondary N) is 2. The van der Waals surface area contributed by atoms with Crippen LogP contribution >= 0.6 is 11.8 Å². The summed E-state index contributed by atoms with van der Waals surface area (Å²) in [5.41, 5.74) is 0.00495. The summed E-state index contributed by atoms with van der Waals surface area (Å²) in [6.45, 7) is 9.91. The molecule has 0 saturated heterocycles. The molecule has 0 aromatic carbocycles. The van der Waals surface area contributed by atoms with Gasteiger partial charge in [0.15, 0.2) is 0 Å². The molecule has 216 valence electrons. The van der Waals surface area contributed by atoms with E-state index >= 15 is 0 Å². The van der Waals surface area contributed by atoms with Gasteiger partial charge in [0.25, 0.3) is 5.91 Å². The maximum atomic E-state index is 13.7. The van der Waals surface area contributed by atoms with Crippen molar-refractivity contribution in [1.29, 1.82) is 0 Å². The van der Waals surface area contributed by atoms with E-state index in [1.54, 1.807) is 35.0 Å². The van der Waals surface area contributed by atoms with Crippen LogP contribution in [0.25, 0.3) is 6.20 Å². The van der Waals surface area contributed by atoms with Crippen molar-refractivity contribution in [3.8, 4) is 0 Å². The second-order valence-electron chi connectivity index (χ2n) is 12.7. The molecule has 0 aliphatic heterocycles. The normalized spacial score (nSPS) is 27.4. The second kappa shape index (κ2) is 11.1. The van der Waals surface area contributed by atoms with E-state index in [1.165, 1.54) is 17.8 Å². The van der Waals surface area contributed by atoms with Gasteiger partial charge in [0.05, 0.1) is 23.9 Å². The van der Waals surface area contributed by atoms with Gasteiger partial charge in [0.1, 0.15) is 11.4 Å². The van der Waals surface area contributed by atoms with Crippen LogP contribution in [0, 0.1) is 23.2 Å². The third-order valence-corrected chi connectivity index (χ3v) is 9.49. The third-order valence-electron chi connectivity index (χ3n) is 8.39. The third kappa shape index (κ3) is 6.14. The first kappa shape index (κ1) is 28.4. The standard InChI is InChI=1S/C29H40N6O4S/c1-18(2)40-26-23(15-31-35(26)8-6-28(4,5)33-19(3)36)25(37)32-24-21-10-20-11-22(24)14-29(12-20,13-21)16-39-27(38)34-9-7-30-17-34/h6-9,15,17-18,20-22,24H,10-14,16H2,1-5H3,(H,32,37)(H,33,36). The summed E-state index contributed by atoms with van der Waals surface area (Å²) in [5.74, 6) is 1.15. The number of hydrogen-bond acceptors (Lipinski definition) is 7. The van der Waals surface area contributed by atoms with E-state index in [2.05, 4.69) is 34.6 Å². The van der Waals surface area contributed by atoms with E-state index in [4.69, 9.17) is 4.74 Å². The summed E-state index contributed by atoms with van der Waals surface area (Å²) in [6.07, 6.45) is 14.8. The second-order valence-corrected chi connectivity index (χ2v) is 14.3. The zero-order chi connectivity index (χ0) is 28.7. The highest BCUT2D eigenvalue weighted by atomic mass is 32.2. The molecule has 4 aliphatic rings. The zero-order valence-electron chi connectivity index (χ0n) is 23.9. The van der Waals surface area contributed by atoms with Gasteiger partial charge >= 0.3 is 6.09 Å². The minimum Gasteiger partial charge on any atom is -0.448 e. The van der Waals surface area contributed by atoms with Crippen molar-refractivity contribution in [3.05, 3.63) is 36.6 Å². The van der Waals surface area contributed by atoms with Gasteiger partial charge in [-0.15, -0.1) is 11.8 Å². The minimum absolute atomic E-state index is 0.0109. The number of carbonyl (C=O) groups excluding carboxylic acids is 3. The molecule has 2 N–H and O–H groups in total. The molecule has 11 heteroatoms. The average molecular weight is 569 g/mol. The first-order valence-electron chi connectivity index (χ1n) is 14.1. The summed E-state index contributed by atoms with van der Waals surface area (Å²) in [4.78, 5) is 41.6. The molecule has 0 spiro atoms. The molecule has 4 aliphatic carbocycles. The number of carbonyl (C=O) groups is 3. The fourth-order valence-corrected chi connectivity index (χ4v) is 8.13. The van der Waals surface area contributed by atoms with Crippen molar-refractivity contribution in [2.75, 3.05) is 6.61 Å². The first-order valence-corrected chi connectivity index (χ1v) is 15.0. The van der Waals surface area contributed by atoms with Gasteiger partial charge in [-0.05, 0) is 69.8 Å². The summed E-state index contributed by atoms with van der Waals surface area (Å²) in [6, 6.07) is 0.107. The Balaban J connectivity index is 1.28. The maximum absolute atomic E-state index is 13.7. The van der Waals surface area contributed by atoms with Crippen LogP contribution in [0.1, 0.15) is 77.1 Å². The van der Waals surface area contributed by atoms with E-state index in [1.807, 2.05) is 26.1 Å². The highest BCUT2D eigenvalue weighted by Gasteiger charge is 2.56. The summed E-state index contributed by atoms with van der Waals surface area (Å²) >= 11 is 1.60. The number of ether oxygens (including phenoxy) is 1. The summed E-state index contributed by atoms with van der Waals surface area (Å²) < 4.78 is 8.83. The monoisotopic (exact) mass is 568 g/mol. The van der Waals surface area contributed by atoms with Crippen molar-refractivity contribution in [3.63, 3.8) is 0 Å². The lowest BCUT2D eigenvalue weighted by atomic mass is 9.48. The molecule has 2 atom stereocenters. The molecule has 2 heterocycles. The summed E-state index contributed by atoms with van der Waals surface area (Å²) in [5, 5.41) is 11.9. The molecule has 6 rings (SSSR count). The Morgan fingerprint density at radius 1 is 1.23 bits per heavy atom. The molecule has 4 fully saturated rings. The van der Waals surface area contributed by atoms with E-state index in [-0.39, 0.29) is 34.6 Å². The van der Waals surface area contributed by atoms with Crippen LogP contribution in [0.2, 0.25) is 0 Å². The van der Waals surface area contributed by atoms with E-state index in [9.17, 15) is 14.4 Å². The quantitative estimate of drug-likeness (QED) is 0.425. The Kier molecular flexibility index (Phi) is 7.87. The number of imidazole rings is 1. The van der Waals surface area contributed by atoms with Gasteiger partial charge in [0, 0.05) is 42.2 Å². The van der Waals surface area contributed by atoms with Crippen LogP contribution in [0.15, 0.2) is 36.0 Å². The number of thioether (sulfide) groups is 1. The lowest BCUT2D eigenvalue weighted by molar-refractivity contribution is -0.120. The fraction of sp³-hybridized carbons (Fsp3) is 0.621. The smallest absolute Gasteiger partial charge is 0.419 e. The molecule has 2 unspecified atom stereocenters. The minimum atomic E-state index is -0.552. The van der Waals surface area contributed by atoms with Crippen LogP contribution < -0.4 is 10.6 Å². The Bertz CT molecular complexity index is 1270. The average Bonchev–Trinajstić information content (AvgIpc) is 3.53. The molecular weight excluding hydrogens is 528 g/mol. The lowest BCUT2D eigenvalue weighted by Crippen LogP contribution is -2.60. The van der Waals surface area contributed by atoms with E-state index < -0.39 is 5.54 Å². The summed E-state index contributed by atoms with van der Waals surface area (Å²) in [7, 11) is 0. The van der Waals surface area contributed by atoms with Gasteiger partial charge in [-0.25, -0.2) is 19.0 Å². The first-order chi connectivity index (χ1) is 18.9. The molecule has 4 saturated carbocycles. The number of rotatable bonds is 9. The van der Waals surface area contributed by atoms with Gasteiger partial charge in [0.2, 0.25) is 5.91 Å². The molecular formula is C29H40N6O4S. The van der Waals surface area contributed by atoms with Crippen molar-refractivity contribution < 1.29 is 19.1 Å². The molecule has 2 amide bonds. The Morgan fingerprint density at radius 2 is 1.95 bits per heavy atom. The van der Waals surface area contributed by atoms with Crippen LogP contribution in [0.4, 0.5) is 4.79 Å². The Morgan fingerprint density at radius 3 is 2.58 bits per heavy atom. The van der Waals surface area contributed by atoms with Crippen LogP contribution in [0.3, 0.4) is 0 Å². The Hall–Kier alpha value is -3.08. The molecule has 4 bridgehead atoms. The van der Waals surface area contributed by atoms with Crippen molar-refractivity contribution in [2.24, 2.45) is 23.2 Å². The van der Waals surface area contributed by atoms with Crippen molar-refractivity contribution in [1.82, 2.24) is 30.0 Å². The maximum Gasteiger partial charge on any atom is 0.419 e. The number of hydrogen-bond donors (Lipinski definition) is 2. The van der Waals surface area contributed by atoms with Crippen LogP contribution in [0.5, 0.6) is 0 Å². The molecule has 40 heavy (non-hydrogen) atoms. The highest BCUT2D eigenvalue weighted by Crippen LogP contribution is 2.60. The molecule has 0 radical (unpaired) electrons. The SMILES string of the molecule is CC(=O)NC(C)(C)C=Cn1ncc(C(=O)NC2C3CC4CC2CC(COC(=O)n2ccnc2)(C4)C3)c1SC(C)C. The van der Waals surface area contributed by atoms with Crippen molar-refractivity contribution >= 4 is 35.9 Å². The predicted octanol–water partition coefficient (Wildman–Crippen LogP) is 4.58. The fourth-order valence-electron chi connectivity index (χ4n) is 7.20. The van der Waals surface area contributed by atoms with Crippen LogP contribution in [-0.2, 0) is 9.53 Å². The number of amides is 2. The molecule has 10 nitrogen and oxygen atoms in total. The molecule has 2 aromatic rings. The molecule has 2 aromatic heterocycles. The highest BCUT2D eigenvalue weighted by molar-refractivity contribution is 7.99. The van der Waals surface area contributed by atoms with Crippen LogP contribution in [-0.4, -0.2) is 60.7 Å². The van der Waals surface area contributed by atoms with Gasteiger partial charge in [-0.1, -0.05) is 13.8 Å². The van der Waals surface area contributed by atoms with E-state index in [0.29, 0.717) is 29.9 Å². The van der Waals surface area contributed by atoms with E-state index in [0.717, 1.165) is 37.1 Å². The Labute approximate surface area is 239 Å². The van der Waals surface area contributed by atoms with Gasteiger partial charge in [-0.3, -0.25) is 9.59 Å². The van der Waals surface area contributed by atoms with Gasteiger partial charge < -0.3 is 15.4 Å². The zero-order valence-corrected chi connectivity index (χ0v) is 24.7.